The summed E-state index contributed by atoms with van der Waals surface area (Å²) in [6.07, 6.45) is -3.27. The Bertz CT molecular complexity index is 1050. The van der Waals surface area contributed by atoms with Gasteiger partial charge in [-0.2, -0.15) is 0 Å². The van der Waals surface area contributed by atoms with Crippen molar-refractivity contribution in [3.8, 4) is 0 Å². The molecule has 0 fully saturated rings. The average molecular weight is 662 g/mol. The Morgan fingerprint density at radius 1 is 0.696 bits per heavy atom. The van der Waals surface area contributed by atoms with Crippen LogP contribution in [0.15, 0.2) is 0 Å². The standard InChI is InChI=1S/C29H55N7O10/c1-16(44-27(2,3)4)19(35-21(37)17(30)15-33-26(43)46-29(8,9)10)22(38)36-20(31)23(39)34-18(24(40)41)13-11-12-14-32-25(42)45-28(5,6)7/h16-20H,11-15,30-31H2,1-10H3,(H,32,42)(H,33,43)(H,34,39)(H,35,37)(H,36,38)(H,40,41)/t16-,17+,18+,19+,20-/m1/s1. The lowest BCUT2D eigenvalue weighted by Crippen LogP contribution is -2.63. The van der Waals surface area contributed by atoms with Crippen LogP contribution in [0.25, 0.3) is 0 Å². The largest absolute Gasteiger partial charge is 0.480 e. The van der Waals surface area contributed by atoms with Gasteiger partial charge in [0.25, 0.3) is 5.91 Å². The van der Waals surface area contributed by atoms with E-state index in [9.17, 15) is 33.9 Å². The predicted octanol–water partition coefficient (Wildman–Crippen LogP) is 0.192. The summed E-state index contributed by atoms with van der Waals surface area (Å²) < 4.78 is 16.1. The summed E-state index contributed by atoms with van der Waals surface area (Å²) in [6.45, 7) is 16.8. The Morgan fingerprint density at radius 2 is 1.22 bits per heavy atom. The number of nitrogens with two attached hydrogens (primary N) is 2. The van der Waals surface area contributed by atoms with Gasteiger partial charge in [0, 0.05) is 13.1 Å². The highest BCUT2D eigenvalue weighted by atomic mass is 16.6. The Kier molecular flexibility index (Phi) is 17.0. The van der Waals surface area contributed by atoms with E-state index in [0.717, 1.165) is 0 Å². The smallest absolute Gasteiger partial charge is 0.407 e. The Balaban J connectivity index is 5.27. The zero-order valence-corrected chi connectivity index (χ0v) is 28.7. The van der Waals surface area contributed by atoms with Gasteiger partial charge in [-0.05, 0) is 88.5 Å². The molecule has 0 aromatic carbocycles. The van der Waals surface area contributed by atoms with Gasteiger partial charge < -0.3 is 57.4 Å². The molecule has 0 aliphatic rings. The first-order chi connectivity index (χ1) is 20.8. The van der Waals surface area contributed by atoms with Gasteiger partial charge in [0.15, 0.2) is 6.17 Å². The van der Waals surface area contributed by atoms with Crippen LogP contribution in [0.1, 0.15) is 88.5 Å². The number of carboxylic acids is 1. The van der Waals surface area contributed by atoms with E-state index in [2.05, 4.69) is 26.6 Å². The quantitative estimate of drug-likeness (QED) is 0.0814. The van der Waals surface area contributed by atoms with Gasteiger partial charge in [-0.3, -0.25) is 14.4 Å². The zero-order chi connectivity index (χ0) is 36.0. The molecule has 10 N–H and O–H groups in total. The van der Waals surface area contributed by atoms with E-state index in [1.54, 1.807) is 62.3 Å². The van der Waals surface area contributed by atoms with Gasteiger partial charge >= 0.3 is 18.2 Å². The lowest BCUT2D eigenvalue weighted by molar-refractivity contribution is -0.143. The fourth-order valence-electron chi connectivity index (χ4n) is 3.69. The van der Waals surface area contributed by atoms with E-state index in [-0.39, 0.29) is 19.5 Å². The number of hydrogen-bond donors (Lipinski definition) is 8. The van der Waals surface area contributed by atoms with Gasteiger partial charge in [0.05, 0.1) is 11.7 Å². The summed E-state index contributed by atoms with van der Waals surface area (Å²) in [5.74, 6) is -4.02. The number of aliphatic carboxylic acids is 1. The molecular weight excluding hydrogens is 606 g/mol. The summed E-state index contributed by atoms with van der Waals surface area (Å²) in [7, 11) is 0. The zero-order valence-electron chi connectivity index (χ0n) is 28.7. The second-order valence-electron chi connectivity index (χ2n) is 13.7. The first-order valence-corrected chi connectivity index (χ1v) is 15.1. The van der Waals surface area contributed by atoms with Crippen molar-refractivity contribution in [2.75, 3.05) is 13.1 Å². The highest BCUT2D eigenvalue weighted by Gasteiger charge is 2.34. The van der Waals surface area contributed by atoms with E-state index in [1.807, 2.05) is 0 Å². The maximum atomic E-state index is 13.2. The van der Waals surface area contributed by atoms with Crippen LogP contribution in [0, 0.1) is 0 Å². The van der Waals surface area contributed by atoms with Gasteiger partial charge in [-0.1, -0.05) is 0 Å². The van der Waals surface area contributed by atoms with Gasteiger partial charge in [0.1, 0.15) is 29.3 Å². The minimum atomic E-state index is -1.69. The predicted molar refractivity (Wildman–Crippen MR) is 168 cm³/mol. The second kappa shape index (κ2) is 18.4. The molecule has 17 heteroatoms. The van der Waals surface area contributed by atoms with E-state index in [1.165, 1.54) is 6.92 Å². The van der Waals surface area contributed by atoms with Crippen molar-refractivity contribution in [2.45, 2.75) is 136 Å². The molecule has 0 rings (SSSR count). The Hall–Kier alpha value is -3.70. The molecule has 0 bridgehead atoms. The number of amides is 5. The molecule has 266 valence electrons. The normalized spacial score (nSPS) is 15.2. The Morgan fingerprint density at radius 3 is 1.70 bits per heavy atom. The second-order valence-corrected chi connectivity index (χ2v) is 13.7. The minimum absolute atomic E-state index is 0.0160. The number of alkyl carbamates (subject to hydrolysis) is 2. The van der Waals surface area contributed by atoms with Crippen molar-refractivity contribution in [3.05, 3.63) is 0 Å². The molecule has 0 saturated heterocycles. The number of carbonyl (C=O) groups is 6. The van der Waals surface area contributed by atoms with Gasteiger partial charge in [0.2, 0.25) is 11.8 Å². The van der Waals surface area contributed by atoms with Crippen molar-refractivity contribution < 1.29 is 48.1 Å². The molecule has 46 heavy (non-hydrogen) atoms. The summed E-state index contributed by atoms with van der Waals surface area (Å²) in [5, 5.41) is 21.5. The highest BCUT2D eigenvalue weighted by molar-refractivity contribution is 5.94. The number of carbonyl (C=O) groups excluding carboxylic acids is 5. The van der Waals surface area contributed by atoms with Crippen LogP contribution in [0.3, 0.4) is 0 Å². The molecule has 0 aromatic rings. The van der Waals surface area contributed by atoms with Crippen molar-refractivity contribution in [1.29, 1.82) is 0 Å². The molecule has 0 heterocycles. The fraction of sp³-hybridized carbons (Fsp3) is 0.793. The topological polar surface area (TPSA) is 263 Å². The number of carboxylic acid groups (broad SMARTS) is 1. The third-order valence-corrected chi connectivity index (χ3v) is 5.57. The van der Waals surface area contributed by atoms with Crippen molar-refractivity contribution in [1.82, 2.24) is 26.6 Å². The van der Waals surface area contributed by atoms with Crippen LogP contribution >= 0.6 is 0 Å². The molecule has 0 aliphatic heterocycles. The van der Waals surface area contributed by atoms with Crippen molar-refractivity contribution >= 4 is 35.9 Å². The average Bonchev–Trinajstić information content (AvgIpc) is 2.85. The molecule has 0 aromatic heterocycles. The SMILES string of the molecule is C[C@@H](OC(C)(C)C)[C@H](NC(=O)[C@@H](N)CNC(=O)OC(C)(C)C)C(=O)N[C@@H](N)C(=O)N[C@@H](CCCCNC(=O)OC(C)(C)C)C(=O)O. The van der Waals surface area contributed by atoms with Crippen LogP contribution in [0.4, 0.5) is 9.59 Å². The fourth-order valence-corrected chi connectivity index (χ4v) is 3.69. The van der Waals surface area contributed by atoms with E-state index < -0.39 is 83.1 Å². The molecule has 0 unspecified atom stereocenters. The van der Waals surface area contributed by atoms with Crippen LogP contribution in [-0.2, 0) is 33.4 Å². The summed E-state index contributed by atoms with van der Waals surface area (Å²) in [6, 6.07) is -3.99. The third kappa shape index (κ3) is 19.6. The van der Waals surface area contributed by atoms with Gasteiger partial charge in [-0.15, -0.1) is 0 Å². The molecule has 0 saturated carbocycles. The van der Waals surface area contributed by atoms with E-state index >= 15 is 0 Å². The van der Waals surface area contributed by atoms with Crippen molar-refractivity contribution in [2.24, 2.45) is 11.5 Å². The lowest BCUT2D eigenvalue weighted by Gasteiger charge is -2.32. The summed E-state index contributed by atoms with van der Waals surface area (Å²) in [4.78, 5) is 74.2. The van der Waals surface area contributed by atoms with Crippen molar-refractivity contribution in [3.63, 3.8) is 0 Å². The maximum absolute atomic E-state index is 13.2. The highest BCUT2D eigenvalue weighted by Crippen LogP contribution is 2.14. The number of rotatable bonds is 16. The van der Waals surface area contributed by atoms with Crippen LogP contribution in [0.5, 0.6) is 0 Å². The number of ether oxygens (including phenoxy) is 3. The first kappa shape index (κ1) is 42.3. The molecule has 0 aliphatic carbocycles. The van der Waals surface area contributed by atoms with E-state index in [0.29, 0.717) is 12.8 Å². The minimum Gasteiger partial charge on any atom is -0.480 e. The molecule has 17 nitrogen and oxygen atoms in total. The molecule has 0 radical (unpaired) electrons. The lowest BCUT2D eigenvalue weighted by atomic mass is 10.1. The summed E-state index contributed by atoms with van der Waals surface area (Å²) >= 11 is 0. The molecule has 0 spiro atoms. The maximum Gasteiger partial charge on any atom is 0.407 e. The Labute approximate surface area is 270 Å². The summed E-state index contributed by atoms with van der Waals surface area (Å²) in [5.41, 5.74) is 9.62. The monoisotopic (exact) mass is 661 g/mol. The van der Waals surface area contributed by atoms with Crippen LogP contribution < -0.4 is 38.1 Å². The number of nitrogens with one attached hydrogen (secondary N) is 5. The number of unbranched alkanes of at least 4 members (excludes halogenated alkanes) is 1. The van der Waals surface area contributed by atoms with Crippen LogP contribution in [-0.4, -0.2) is 101 Å². The molecular formula is C29H55N7O10. The van der Waals surface area contributed by atoms with E-state index in [4.69, 9.17) is 25.7 Å². The van der Waals surface area contributed by atoms with Gasteiger partial charge in [-0.25, -0.2) is 14.4 Å². The molecule has 5 amide bonds. The third-order valence-electron chi connectivity index (χ3n) is 5.57. The number of hydrogen-bond acceptors (Lipinski definition) is 11. The van der Waals surface area contributed by atoms with Crippen LogP contribution in [0.2, 0.25) is 0 Å². The molecule has 5 atom stereocenters. The first-order valence-electron chi connectivity index (χ1n) is 15.1.